The molecule has 176 valence electrons. The van der Waals surface area contributed by atoms with Gasteiger partial charge in [-0.05, 0) is 80.5 Å². The molecule has 3 aliphatic rings. The summed E-state index contributed by atoms with van der Waals surface area (Å²) in [6.07, 6.45) is 26.8. The Bertz CT molecular complexity index is 412. The molecule has 0 heterocycles. The van der Waals surface area contributed by atoms with E-state index in [1.54, 1.807) is 0 Å². The number of halogens is 2. The molecule has 0 aromatic rings. The summed E-state index contributed by atoms with van der Waals surface area (Å²) in [6.45, 7) is -0.246. The van der Waals surface area contributed by atoms with Gasteiger partial charge < -0.3 is 0 Å². The van der Waals surface area contributed by atoms with Crippen molar-refractivity contribution in [3.8, 4) is 0 Å². The Kier molecular flexibility index (Phi) is 11.5. The van der Waals surface area contributed by atoms with Gasteiger partial charge in [0.1, 0.15) is 0 Å². The van der Waals surface area contributed by atoms with Gasteiger partial charge in [0, 0.05) is 0 Å². The quantitative estimate of drug-likeness (QED) is 0.274. The standard InChI is InChI=1S/C28H50F2/c29-21-3-1-2-5-23-13-17-27(18-14-23)28-19-15-26(16-20-28)12-11-25-9-7-24(8-10-25)6-4-22-30/h23-28H,1-22H2. The fraction of sp³-hybridized carbons (Fsp3) is 1.00. The summed E-state index contributed by atoms with van der Waals surface area (Å²) in [7, 11) is 0. The smallest absolute Gasteiger partial charge is 0.0894 e. The molecule has 3 aliphatic carbocycles. The Hall–Kier alpha value is -0.140. The van der Waals surface area contributed by atoms with Crippen molar-refractivity contribution in [2.75, 3.05) is 13.3 Å². The van der Waals surface area contributed by atoms with Crippen LogP contribution in [0.1, 0.15) is 128 Å². The summed E-state index contributed by atoms with van der Waals surface area (Å²) in [5.41, 5.74) is 0. The van der Waals surface area contributed by atoms with Gasteiger partial charge in [-0.1, -0.05) is 83.5 Å². The van der Waals surface area contributed by atoms with Crippen LogP contribution in [0, 0.1) is 35.5 Å². The Morgan fingerprint density at radius 2 is 0.733 bits per heavy atom. The molecule has 0 atom stereocenters. The molecule has 0 N–H and O–H groups in total. The van der Waals surface area contributed by atoms with Crippen molar-refractivity contribution in [1.29, 1.82) is 0 Å². The Morgan fingerprint density at radius 3 is 1.17 bits per heavy atom. The van der Waals surface area contributed by atoms with E-state index in [2.05, 4.69) is 0 Å². The van der Waals surface area contributed by atoms with Crippen LogP contribution in [-0.2, 0) is 0 Å². The van der Waals surface area contributed by atoms with Crippen LogP contribution in [0.15, 0.2) is 0 Å². The zero-order valence-electron chi connectivity index (χ0n) is 19.8. The van der Waals surface area contributed by atoms with Crippen molar-refractivity contribution in [1.82, 2.24) is 0 Å². The highest BCUT2D eigenvalue weighted by Crippen LogP contribution is 2.44. The molecule has 3 rings (SSSR count). The summed E-state index contributed by atoms with van der Waals surface area (Å²) in [4.78, 5) is 0. The first-order valence-electron chi connectivity index (χ1n) is 13.9. The molecule has 0 unspecified atom stereocenters. The third-order valence-corrected chi connectivity index (χ3v) is 9.39. The predicted octanol–water partition coefficient (Wildman–Crippen LogP) is 9.47. The number of hydrogen-bond donors (Lipinski definition) is 0. The van der Waals surface area contributed by atoms with E-state index in [-0.39, 0.29) is 13.3 Å². The van der Waals surface area contributed by atoms with Crippen molar-refractivity contribution in [2.45, 2.75) is 128 Å². The zero-order chi connectivity index (χ0) is 21.0. The van der Waals surface area contributed by atoms with Crippen LogP contribution in [0.4, 0.5) is 8.78 Å². The zero-order valence-corrected chi connectivity index (χ0v) is 19.8. The maximum Gasteiger partial charge on any atom is 0.0894 e. The molecule has 0 aliphatic heterocycles. The SMILES string of the molecule is FCCCCCC1CCC(C2CCC(CCC3CCC(CCCF)CC3)CC2)CC1. The second-order valence-electron chi connectivity index (χ2n) is 11.4. The second kappa shape index (κ2) is 14.1. The van der Waals surface area contributed by atoms with Crippen molar-refractivity contribution >= 4 is 0 Å². The minimum atomic E-state index is -0.127. The molecule has 3 saturated carbocycles. The van der Waals surface area contributed by atoms with Gasteiger partial charge in [-0.15, -0.1) is 0 Å². The molecule has 0 amide bonds. The van der Waals surface area contributed by atoms with Gasteiger partial charge in [-0.3, -0.25) is 8.78 Å². The topological polar surface area (TPSA) is 0 Å². The molecule has 2 heteroatoms. The fourth-order valence-corrected chi connectivity index (χ4v) is 7.25. The molecule has 0 nitrogen and oxygen atoms in total. The summed E-state index contributed by atoms with van der Waals surface area (Å²) < 4.78 is 24.6. The molecule has 0 saturated heterocycles. The minimum Gasteiger partial charge on any atom is -0.251 e. The lowest BCUT2D eigenvalue weighted by molar-refractivity contribution is 0.135. The lowest BCUT2D eigenvalue weighted by Crippen LogP contribution is -2.26. The summed E-state index contributed by atoms with van der Waals surface area (Å²) in [6, 6.07) is 0. The lowest BCUT2D eigenvalue weighted by atomic mass is 9.68. The Balaban J connectivity index is 1.23. The normalized spacial score (nSPS) is 35.4. The average molecular weight is 425 g/mol. The van der Waals surface area contributed by atoms with E-state index in [0.29, 0.717) is 0 Å². The molecular formula is C28H50F2. The first kappa shape index (κ1) is 24.5. The highest BCUT2D eigenvalue weighted by atomic mass is 19.1. The lowest BCUT2D eigenvalue weighted by Gasteiger charge is -2.38. The predicted molar refractivity (Wildman–Crippen MR) is 125 cm³/mol. The van der Waals surface area contributed by atoms with Gasteiger partial charge in [0.15, 0.2) is 0 Å². The van der Waals surface area contributed by atoms with E-state index in [1.807, 2.05) is 0 Å². The molecule has 3 fully saturated rings. The van der Waals surface area contributed by atoms with Crippen molar-refractivity contribution < 1.29 is 8.78 Å². The Morgan fingerprint density at radius 1 is 0.367 bits per heavy atom. The van der Waals surface area contributed by atoms with Gasteiger partial charge in [-0.2, -0.15) is 0 Å². The van der Waals surface area contributed by atoms with Gasteiger partial charge in [0.2, 0.25) is 0 Å². The summed E-state index contributed by atoms with van der Waals surface area (Å²) in [5.74, 6) is 5.82. The first-order valence-corrected chi connectivity index (χ1v) is 13.9. The van der Waals surface area contributed by atoms with Crippen LogP contribution < -0.4 is 0 Å². The van der Waals surface area contributed by atoms with E-state index >= 15 is 0 Å². The maximum absolute atomic E-state index is 12.4. The van der Waals surface area contributed by atoms with Crippen LogP contribution in [0.25, 0.3) is 0 Å². The summed E-state index contributed by atoms with van der Waals surface area (Å²) >= 11 is 0. The van der Waals surface area contributed by atoms with E-state index in [0.717, 1.165) is 61.2 Å². The van der Waals surface area contributed by atoms with Crippen LogP contribution in [0.3, 0.4) is 0 Å². The maximum atomic E-state index is 12.4. The highest BCUT2D eigenvalue weighted by Gasteiger charge is 2.31. The van der Waals surface area contributed by atoms with E-state index in [4.69, 9.17) is 0 Å². The van der Waals surface area contributed by atoms with E-state index in [1.165, 1.54) is 103 Å². The van der Waals surface area contributed by atoms with E-state index < -0.39 is 0 Å². The monoisotopic (exact) mass is 424 g/mol. The first-order chi connectivity index (χ1) is 14.8. The Labute approximate surface area is 186 Å². The molecule has 30 heavy (non-hydrogen) atoms. The largest absolute Gasteiger partial charge is 0.251 e. The third-order valence-electron chi connectivity index (χ3n) is 9.39. The molecule has 0 aromatic carbocycles. The molecule has 0 spiro atoms. The second-order valence-corrected chi connectivity index (χ2v) is 11.4. The number of alkyl halides is 2. The van der Waals surface area contributed by atoms with Crippen molar-refractivity contribution in [3.63, 3.8) is 0 Å². The number of unbranched alkanes of at least 4 members (excludes halogenated alkanes) is 2. The van der Waals surface area contributed by atoms with Crippen LogP contribution in [-0.4, -0.2) is 13.3 Å². The molecule has 0 radical (unpaired) electrons. The van der Waals surface area contributed by atoms with Crippen molar-refractivity contribution in [3.05, 3.63) is 0 Å². The number of hydrogen-bond acceptors (Lipinski definition) is 0. The van der Waals surface area contributed by atoms with Gasteiger partial charge in [0.25, 0.3) is 0 Å². The van der Waals surface area contributed by atoms with Crippen LogP contribution >= 0.6 is 0 Å². The average Bonchev–Trinajstić information content (AvgIpc) is 2.81. The third kappa shape index (κ3) is 8.42. The van der Waals surface area contributed by atoms with Gasteiger partial charge in [-0.25, -0.2) is 0 Å². The summed E-state index contributed by atoms with van der Waals surface area (Å²) in [5, 5.41) is 0. The molecule has 0 bridgehead atoms. The molecule has 0 aromatic heterocycles. The van der Waals surface area contributed by atoms with Crippen LogP contribution in [0.5, 0.6) is 0 Å². The number of rotatable bonds is 12. The van der Waals surface area contributed by atoms with Crippen LogP contribution in [0.2, 0.25) is 0 Å². The van der Waals surface area contributed by atoms with Gasteiger partial charge in [0.05, 0.1) is 13.3 Å². The van der Waals surface area contributed by atoms with Gasteiger partial charge >= 0.3 is 0 Å². The van der Waals surface area contributed by atoms with E-state index in [9.17, 15) is 8.78 Å². The minimum absolute atomic E-state index is 0.119. The van der Waals surface area contributed by atoms with Crippen molar-refractivity contribution in [2.24, 2.45) is 35.5 Å². The molecular weight excluding hydrogens is 374 g/mol. The fourth-order valence-electron chi connectivity index (χ4n) is 7.25. The highest BCUT2D eigenvalue weighted by molar-refractivity contribution is 4.83.